The first kappa shape index (κ1) is 27.0. The summed E-state index contributed by atoms with van der Waals surface area (Å²) in [5.41, 5.74) is 0. The molecule has 2 unspecified atom stereocenters. The number of piperazine rings is 1. The Balaban J connectivity index is 0. The molecule has 0 amide bonds. The molecule has 2 aliphatic heterocycles. The van der Waals surface area contributed by atoms with Gasteiger partial charge in [-0.15, -0.1) is 24.8 Å². The summed E-state index contributed by atoms with van der Waals surface area (Å²) in [6.45, 7) is 9.63. The number of nitrogens with zero attached hydrogens (tertiary/aromatic N) is 1. The highest BCUT2D eigenvalue weighted by molar-refractivity contribution is 8.01. The normalized spacial score (nSPS) is 21.4. The molecule has 2 fully saturated rings. The second-order valence-electron chi connectivity index (χ2n) is 6.71. The zero-order valence-electron chi connectivity index (χ0n) is 15.7. The number of thioether (sulfide) groups is 1. The zero-order chi connectivity index (χ0) is 16.0. The SMILES string of the molecule is CC(O)CCN1CCNCC1.CCCCCCCC1CCS1.Cl.Cl. The second-order valence-corrected chi connectivity index (χ2v) is 8.12. The van der Waals surface area contributed by atoms with Crippen molar-refractivity contribution in [1.82, 2.24) is 10.2 Å². The number of hydrogen-bond acceptors (Lipinski definition) is 4. The van der Waals surface area contributed by atoms with Gasteiger partial charge in [0.15, 0.2) is 0 Å². The highest BCUT2D eigenvalue weighted by Crippen LogP contribution is 2.31. The van der Waals surface area contributed by atoms with Gasteiger partial charge in [0.25, 0.3) is 0 Å². The van der Waals surface area contributed by atoms with Gasteiger partial charge >= 0.3 is 0 Å². The van der Waals surface area contributed by atoms with Crippen molar-refractivity contribution in [2.45, 2.75) is 76.6 Å². The zero-order valence-corrected chi connectivity index (χ0v) is 18.1. The Hall–Kier alpha value is 0.810. The number of rotatable bonds is 9. The van der Waals surface area contributed by atoms with Crippen molar-refractivity contribution >= 4 is 36.6 Å². The van der Waals surface area contributed by atoms with Crippen LogP contribution in [0.4, 0.5) is 0 Å². The lowest BCUT2D eigenvalue weighted by molar-refractivity contribution is 0.150. The van der Waals surface area contributed by atoms with Crippen LogP contribution in [0.15, 0.2) is 0 Å². The lowest BCUT2D eigenvalue weighted by Gasteiger charge is -2.27. The number of unbranched alkanes of at least 4 members (excludes halogenated alkanes) is 4. The average molecular weight is 404 g/mol. The van der Waals surface area contributed by atoms with Crippen LogP contribution in [0, 0.1) is 0 Å². The third-order valence-corrected chi connectivity index (χ3v) is 5.91. The van der Waals surface area contributed by atoms with E-state index >= 15 is 0 Å². The van der Waals surface area contributed by atoms with Gasteiger partial charge in [-0.25, -0.2) is 0 Å². The minimum atomic E-state index is -0.148. The molecular weight excluding hydrogens is 363 g/mol. The van der Waals surface area contributed by atoms with Crippen LogP contribution in [-0.4, -0.2) is 59.8 Å². The fraction of sp³-hybridized carbons (Fsp3) is 1.00. The molecule has 2 heterocycles. The van der Waals surface area contributed by atoms with Gasteiger partial charge < -0.3 is 15.3 Å². The Morgan fingerprint density at radius 3 is 2.25 bits per heavy atom. The molecule has 2 rings (SSSR count). The van der Waals surface area contributed by atoms with Crippen LogP contribution in [0.2, 0.25) is 0 Å². The highest BCUT2D eigenvalue weighted by atomic mass is 35.5. The number of hydrogen-bond donors (Lipinski definition) is 2. The largest absolute Gasteiger partial charge is 0.393 e. The van der Waals surface area contributed by atoms with Crippen LogP contribution < -0.4 is 5.32 Å². The minimum Gasteiger partial charge on any atom is -0.393 e. The molecule has 0 saturated carbocycles. The number of halogens is 2. The summed E-state index contributed by atoms with van der Waals surface area (Å²) in [5.74, 6) is 1.43. The lowest BCUT2D eigenvalue weighted by atomic mass is 10.1. The van der Waals surface area contributed by atoms with Gasteiger partial charge in [0, 0.05) is 38.0 Å². The fourth-order valence-corrected chi connectivity index (χ4v) is 3.69. The van der Waals surface area contributed by atoms with Crippen molar-refractivity contribution in [1.29, 1.82) is 0 Å². The van der Waals surface area contributed by atoms with Gasteiger partial charge in [-0.05, 0) is 31.9 Å². The smallest absolute Gasteiger partial charge is 0.0524 e. The fourth-order valence-electron chi connectivity index (χ4n) is 2.79. The van der Waals surface area contributed by atoms with E-state index in [0.717, 1.165) is 44.4 Å². The molecule has 2 saturated heterocycles. The summed E-state index contributed by atoms with van der Waals surface area (Å²) in [6, 6.07) is 0. The van der Waals surface area contributed by atoms with E-state index < -0.39 is 0 Å². The molecule has 2 N–H and O–H groups in total. The van der Waals surface area contributed by atoms with Crippen molar-refractivity contribution in [2.75, 3.05) is 38.5 Å². The molecule has 3 nitrogen and oxygen atoms in total. The molecule has 0 aromatic heterocycles. The van der Waals surface area contributed by atoms with Crippen molar-refractivity contribution in [3.8, 4) is 0 Å². The van der Waals surface area contributed by atoms with Gasteiger partial charge in [0.05, 0.1) is 6.10 Å². The third-order valence-electron chi connectivity index (χ3n) is 4.50. The maximum Gasteiger partial charge on any atom is 0.0524 e. The Morgan fingerprint density at radius 1 is 1.12 bits per heavy atom. The van der Waals surface area contributed by atoms with Crippen LogP contribution in [0.1, 0.15) is 65.2 Å². The molecule has 0 bridgehead atoms. The van der Waals surface area contributed by atoms with Crippen LogP contribution in [0.25, 0.3) is 0 Å². The van der Waals surface area contributed by atoms with Crippen LogP contribution in [0.5, 0.6) is 0 Å². The summed E-state index contributed by atoms with van der Waals surface area (Å²) in [4.78, 5) is 2.39. The van der Waals surface area contributed by atoms with Gasteiger partial charge in [-0.3, -0.25) is 0 Å². The van der Waals surface area contributed by atoms with Crippen molar-refractivity contribution < 1.29 is 5.11 Å². The van der Waals surface area contributed by atoms with Crippen molar-refractivity contribution in [3.05, 3.63) is 0 Å². The molecule has 24 heavy (non-hydrogen) atoms. The Bertz CT molecular complexity index is 251. The van der Waals surface area contributed by atoms with E-state index in [-0.39, 0.29) is 30.9 Å². The Labute approximate surface area is 166 Å². The van der Waals surface area contributed by atoms with Crippen LogP contribution in [0.3, 0.4) is 0 Å². The van der Waals surface area contributed by atoms with Crippen LogP contribution >= 0.6 is 36.6 Å². The van der Waals surface area contributed by atoms with Crippen LogP contribution in [-0.2, 0) is 0 Å². The maximum atomic E-state index is 9.04. The second kappa shape index (κ2) is 18.6. The maximum absolute atomic E-state index is 9.04. The summed E-state index contributed by atoms with van der Waals surface area (Å²) in [6.07, 6.45) is 11.0. The predicted molar refractivity (Wildman–Crippen MR) is 114 cm³/mol. The Kier molecular flexibility index (Phi) is 20.9. The van der Waals surface area contributed by atoms with E-state index in [1.807, 2.05) is 6.92 Å². The third kappa shape index (κ3) is 15.1. The van der Waals surface area contributed by atoms with E-state index in [9.17, 15) is 0 Å². The van der Waals surface area contributed by atoms with E-state index in [2.05, 4.69) is 28.9 Å². The van der Waals surface area contributed by atoms with Gasteiger partial charge in [0.2, 0.25) is 0 Å². The highest BCUT2D eigenvalue weighted by Gasteiger charge is 2.16. The first-order valence-electron chi connectivity index (χ1n) is 9.45. The molecular formula is C18H40Cl2N2OS. The summed E-state index contributed by atoms with van der Waals surface area (Å²) in [7, 11) is 0. The molecule has 0 aromatic carbocycles. The monoisotopic (exact) mass is 402 g/mol. The first-order valence-corrected chi connectivity index (χ1v) is 10.5. The average Bonchev–Trinajstić information content (AvgIpc) is 2.49. The van der Waals surface area contributed by atoms with Gasteiger partial charge in [0.1, 0.15) is 0 Å². The van der Waals surface area contributed by atoms with Crippen molar-refractivity contribution in [2.24, 2.45) is 0 Å². The molecule has 0 aromatic rings. The quantitative estimate of drug-likeness (QED) is 0.561. The van der Waals surface area contributed by atoms with Crippen molar-refractivity contribution in [3.63, 3.8) is 0 Å². The number of aliphatic hydroxyl groups is 1. The lowest BCUT2D eigenvalue weighted by Crippen LogP contribution is -2.44. The first-order chi connectivity index (χ1) is 10.7. The topological polar surface area (TPSA) is 35.5 Å². The van der Waals surface area contributed by atoms with E-state index in [0.29, 0.717) is 0 Å². The van der Waals surface area contributed by atoms with Gasteiger partial charge in [-0.1, -0.05) is 39.0 Å². The molecule has 0 spiro atoms. The van der Waals surface area contributed by atoms with Gasteiger partial charge in [-0.2, -0.15) is 11.8 Å². The van der Waals surface area contributed by atoms with E-state index in [1.54, 1.807) is 0 Å². The standard InChI is InChI=1S/C10H20S.C8H18N2O.2ClH/c1-2-3-4-5-6-7-10-8-9-11-10;1-8(11)2-5-10-6-3-9-4-7-10;;/h10H,2-9H2,1H3;8-9,11H,2-7H2,1H3;2*1H. The molecule has 2 aliphatic rings. The summed E-state index contributed by atoms with van der Waals surface area (Å²) >= 11 is 2.17. The summed E-state index contributed by atoms with van der Waals surface area (Å²) in [5, 5.41) is 13.4. The van der Waals surface area contributed by atoms with E-state index in [4.69, 9.17) is 5.11 Å². The molecule has 0 aliphatic carbocycles. The molecule has 148 valence electrons. The molecule has 6 heteroatoms. The molecule has 2 atom stereocenters. The Morgan fingerprint density at radius 2 is 1.75 bits per heavy atom. The minimum absolute atomic E-state index is 0. The summed E-state index contributed by atoms with van der Waals surface area (Å²) < 4.78 is 0. The predicted octanol–water partition coefficient (Wildman–Crippen LogP) is 4.36. The van der Waals surface area contributed by atoms with E-state index in [1.165, 1.54) is 50.7 Å². The molecule has 0 radical (unpaired) electrons. The number of aliphatic hydroxyl groups excluding tert-OH is 1. The number of nitrogens with one attached hydrogen (secondary N) is 1.